The lowest BCUT2D eigenvalue weighted by Crippen LogP contribution is -2.24. The zero-order valence-electron chi connectivity index (χ0n) is 17.5. The van der Waals surface area contributed by atoms with E-state index < -0.39 is 0 Å². The van der Waals surface area contributed by atoms with Crippen LogP contribution in [0, 0.1) is 6.92 Å². The van der Waals surface area contributed by atoms with Gasteiger partial charge in [-0.05, 0) is 42.3 Å². The van der Waals surface area contributed by atoms with Crippen LogP contribution in [-0.2, 0) is 15.3 Å². The van der Waals surface area contributed by atoms with Gasteiger partial charge in [0, 0.05) is 35.3 Å². The predicted molar refractivity (Wildman–Crippen MR) is 137 cm³/mol. The smallest absolute Gasteiger partial charge is 0.236 e. The summed E-state index contributed by atoms with van der Waals surface area (Å²) in [5, 5.41) is 13.8. The van der Waals surface area contributed by atoms with Gasteiger partial charge in [-0.1, -0.05) is 58.3 Å². The van der Waals surface area contributed by atoms with Gasteiger partial charge in [-0.25, -0.2) is 0 Å². The van der Waals surface area contributed by atoms with Crippen LogP contribution in [0.5, 0.6) is 0 Å². The molecule has 11 heteroatoms. The maximum atomic E-state index is 12.6. The highest BCUT2D eigenvalue weighted by Crippen LogP contribution is 2.35. The Balaban J connectivity index is 1.30. The third-order valence-electron chi connectivity index (χ3n) is 5.11. The Morgan fingerprint density at radius 3 is 2.73 bits per heavy atom. The molecule has 0 spiro atoms. The summed E-state index contributed by atoms with van der Waals surface area (Å²) < 4.78 is 0. The molecule has 2 aromatic carbocycles. The van der Waals surface area contributed by atoms with Crippen LogP contribution in [-0.4, -0.2) is 34.3 Å². The average molecular weight is 542 g/mol. The van der Waals surface area contributed by atoms with Crippen molar-refractivity contribution in [3.8, 4) is 0 Å². The van der Waals surface area contributed by atoms with E-state index in [1.54, 1.807) is 23.1 Å². The van der Waals surface area contributed by atoms with Crippen molar-refractivity contribution in [3.05, 3.63) is 67.6 Å². The number of nitrogens with one attached hydrogen (secondary N) is 1. The molecular weight excluding hydrogens is 523 g/mol. The van der Waals surface area contributed by atoms with Crippen molar-refractivity contribution >= 4 is 80.5 Å². The second-order valence-corrected chi connectivity index (χ2v) is 10.8. The molecule has 1 unspecified atom stereocenters. The number of hydrogen-bond donors (Lipinski definition) is 1. The number of rotatable bonds is 7. The van der Waals surface area contributed by atoms with Gasteiger partial charge in [0.05, 0.1) is 15.8 Å². The Kier molecular flexibility index (Phi) is 7.81. The molecule has 2 heterocycles. The lowest BCUT2D eigenvalue weighted by atomic mass is 10.1. The number of benzene rings is 2. The van der Waals surface area contributed by atoms with Gasteiger partial charge < -0.3 is 4.90 Å². The molecule has 6 nitrogen and oxygen atoms in total. The molecule has 0 radical (unpaired) electrons. The van der Waals surface area contributed by atoms with Crippen molar-refractivity contribution in [2.24, 2.45) is 0 Å². The number of hydrogen-bond acceptors (Lipinski definition) is 6. The Morgan fingerprint density at radius 2 is 1.97 bits per heavy atom. The first-order valence-electron chi connectivity index (χ1n) is 10.0. The van der Waals surface area contributed by atoms with E-state index in [4.69, 9.17) is 34.8 Å². The molecule has 0 bridgehead atoms. The summed E-state index contributed by atoms with van der Waals surface area (Å²) in [6, 6.07) is 11.0. The summed E-state index contributed by atoms with van der Waals surface area (Å²) in [4.78, 5) is 26.6. The van der Waals surface area contributed by atoms with Crippen molar-refractivity contribution < 1.29 is 9.59 Å². The lowest BCUT2D eigenvalue weighted by Gasteiger charge is -2.17. The Morgan fingerprint density at radius 1 is 1.15 bits per heavy atom. The number of nitrogens with zero attached hydrogens (tertiary/aromatic N) is 3. The van der Waals surface area contributed by atoms with E-state index in [0.29, 0.717) is 38.9 Å². The molecule has 3 aromatic rings. The van der Waals surface area contributed by atoms with E-state index >= 15 is 0 Å². The maximum absolute atomic E-state index is 12.6. The highest BCUT2D eigenvalue weighted by Gasteiger charge is 2.34. The highest BCUT2D eigenvalue weighted by atomic mass is 35.5. The van der Waals surface area contributed by atoms with E-state index in [-0.39, 0.29) is 23.5 Å². The third-order valence-corrected chi connectivity index (χ3v) is 8.27. The van der Waals surface area contributed by atoms with Crippen LogP contribution in [0.2, 0.25) is 15.1 Å². The SMILES string of the molecule is Cc1ccc(N2CC(c3nnc(NC(=O)CSCc4ccc(Cl)c(Cl)c4)s3)CC2=O)cc1Cl. The van der Waals surface area contributed by atoms with Crippen LogP contribution in [0.4, 0.5) is 10.8 Å². The van der Waals surface area contributed by atoms with Crippen LogP contribution >= 0.6 is 57.9 Å². The van der Waals surface area contributed by atoms with Gasteiger partial charge in [0.1, 0.15) is 5.01 Å². The minimum atomic E-state index is -0.166. The Hall–Kier alpha value is -1.84. The zero-order chi connectivity index (χ0) is 23.5. The fraction of sp³-hybridized carbons (Fsp3) is 0.273. The van der Waals surface area contributed by atoms with Crippen molar-refractivity contribution in [3.63, 3.8) is 0 Å². The normalized spacial score (nSPS) is 15.8. The van der Waals surface area contributed by atoms with Crippen LogP contribution < -0.4 is 10.2 Å². The zero-order valence-corrected chi connectivity index (χ0v) is 21.4. The van der Waals surface area contributed by atoms with Crippen LogP contribution in [0.15, 0.2) is 36.4 Å². The fourth-order valence-electron chi connectivity index (χ4n) is 3.37. The summed E-state index contributed by atoms with van der Waals surface area (Å²) in [7, 11) is 0. The average Bonchev–Trinajstić information content (AvgIpc) is 3.39. The topological polar surface area (TPSA) is 75.2 Å². The lowest BCUT2D eigenvalue weighted by molar-refractivity contribution is -0.117. The standard InChI is InChI=1S/C22H19Cl3N4O2S2/c1-12-2-4-15(8-17(12)24)29-9-14(7-20(29)31)21-27-28-22(33-21)26-19(30)11-32-10-13-3-5-16(23)18(25)6-13/h2-6,8,14H,7,9-11H2,1H3,(H,26,28,30). The molecule has 1 N–H and O–H groups in total. The first kappa shape index (κ1) is 24.3. The van der Waals surface area contributed by atoms with Crippen LogP contribution in [0.25, 0.3) is 0 Å². The Bertz CT molecular complexity index is 1200. The highest BCUT2D eigenvalue weighted by molar-refractivity contribution is 7.99. The van der Waals surface area contributed by atoms with Crippen molar-refractivity contribution in [1.29, 1.82) is 0 Å². The molecule has 2 amide bonds. The van der Waals surface area contributed by atoms with Gasteiger partial charge in [0.15, 0.2) is 0 Å². The number of halogens is 3. The minimum absolute atomic E-state index is 0.0133. The van der Waals surface area contributed by atoms with Crippen LogP contribution in [0.3, 0.4) is 0 Å². The number of anilines is 2. The number of amides is 2. The second-order valence-electron chi connectivity index (χ2n) is 7.57. The number of carbonyl (C=O) groups is 2. The van der Waals surface area contributed by atoms with E-state index in [1.165, 1.54) is 23.1 Å². The fourth-order valence-corrected chi connectivity index (χ4v) is 5.49. The number of aromatic nitrogens is 2. The van der Waals surface area contributed by atoms with E-state index in [2.05, 4.69) is 15.5 Å². The maximum Gasteiger partial charge on any atom is 0.236 e. The molecule has 4 rings (SSSR count). The largest absolute Gasteiger partial charge is 0.312 e. The van der Waals surface area contributed by atoms with Gasteiger partial charge in [-0.3, -0.25) is 14.9 Å². The predicted octanol–water partition coefficient (Wildman–Crippen LogP) is 6.20. The summed E-state index contributed by atoms with van der Waals surface area (Å²) >= 11 is 20.9. The Labute approximate surface area is 214 Å². The van der Waals surface area contributed by atoms with Crippen LogP contribution in [0.1, 0.15) is 28.5 Å². The van der Waals surface area contributed by atoms with Gasteiger partial charge in [0.25, 0.3) is 0 Å². The number of thioether (sulfide) groups is 1. The first-order valence-corrected chi connectivity index (χ1v) is 13.1. The molecule has 0 aliphatic carbocycles. The molecule has 1 atom stereocenters. The van der Waals surface area contributed by atoms with Gasteiger partial charge >= 0.3 is 0 Å². The summed E-state index contributed by atoms with van der Waals surface area (Å²) in [6.07, 6.45) is 0.341. The number of carbonyl (C=O) groups excluding carboxylic acids is 2. The summed E-state index contributed by atoms with van der Waals surface area (Å²) in [5.74, 6) is 0.665. The first-order chi connectivity index (χ1) is 15.8. The molecule has 1 saturated heterocycles. The van der Waals surface area contributed by atoms with Gasteiger partial charge in [-0.15, -0.1) is 22.0 Å². The summed E-state index contributed by atoms with van der Waals surface area (Å²) in [6.45, 7) is 2.42. The van der Waals surface area contributed by atoms with Gasteiger partial charge in [-0.2, -0.15) is 0 Å². The van der Waals surface area contributed by atoms with Gasteiger partial charge in [0.2, 0.25) is 16.9 Å². The molecule has 33 heavy (non-hydrogen) atoms. The monoisotopic (exact) mass is 540 g/mol. The second kappa shape index (κ2) is 10.6. The number of aryl methyl sites for hydroxylation is 1. The molecule has 172 valence electrons. The third kappa shape index (κ3) is 6.00. The molecular formula is C22H19Cl3N4O2S2. The van der Waals surface area contributed by atoms with E-state index in [9.17, 15) is 9.59 Å². The minimum Gasteiger partial charge on any atom is -0.312 e. The molecule has 1 aliphatic heterocycles. The quantitative estimate of drug-likeness (QED) is 0.385. The van der Waals surface area contributed by atoms with Crippen molar-refractivity contribution in [1.82, 2.24) is 10.2 Å². The molecule has 1 aromatic heterocycles. The summed E-state index contributed by atoms with van der Waals surface area (Å²) in [5.41, 5.74) is 2.73. The molecule has 1 aliphatic rings. The van der Waals surface area contributed by atoms with Crippen molar-refractivity contribution in [2.45, 2.75) is 25.0 Å². The molecule has 0 saturated carbocycles. The van der Waals surface area contributed by atoms with E-state index in [0.717, 1.165) is 21.8 Å². The molecule has 1 fully saturated rings. The van der Waals surface area contributed by atoms with E-state index in [1.807, 2.05) is 25.1 Å². The van der Waals surface area contributed by atoms with Crippen molar-refractivity contribution in [2.75, 3.05) is 22.5 Å².